The predicted octanol–water partition coefficient (Wildman–Crippen LogP) is 5.33. The van der Waals surface area contributed by atoms with E-state index in [0.717, 1.165) is 22.0 Å². The van der Waals surface area contributed by atoms with Gasteiger partial charge in [0.15, 0.2) is 0 Å². The van der Waals surface area contributed by atoms with Gasteiger partial charge in [-0.05, 0) is 49.9 Å². The molecule has 1 atom stereocenters. The van der Waals surface area contributed by atoms with Crippen molar-refractivity contribution in [3.05, 3.63) is 33.3 Å². The molecule has 1 N–H and O–H groups in total. The molecule has 0 saturated heterocycles. The Kier molecular flexibility index (Phi) is 5.53. The Labute approximate surface area is 123 Å². The summed E-state index contributed by atoms with van der Waals surface area (Å²) in [5.41, 5.74) is 1.19. The van der Waals surface area contributed by atoms with E-state index in [1.807, 2.05) is 6.07 Å². The van der Waals surface area contributed by atoms with Crippen molar-refractivity contribution in [2.24, 2.45) is 5.92 Å². The highest BCUT2D eigenvalue weighted by Crippen LogP contribution is 2.27. The lowest BCUT2D eigenvalue weighted by molar-refractivity contribution is 0.331. The van der Waals surface area contributed by atoms with E-state index in [-0.39, 0.29) is 0 Å². The van der Waals surface area contributed by atoms with Gasteiger partial charge in [0.25, 0.3) is 0 Å². The first-order valence-corrected chi connectivity index (χ1v) is 8.02. The van der Waals surface area contributed by atoms with Gasteiger partial charge >= 0.3 is 0 Å². The van der Waals surface area contributed by atoms with Gasteiger partial charge in [0.05, 0.1) is 0 Å². The smallest absolute Gasteiger partial charge is 0.0464 e. The predicted molar refractivity (Wildman–Crippen MR) is 82.1 cm³/mol. The quantitative estimate of drug-likeness (QED) is 0.786. The van der Waals surface area contributed by atoms with E-state index in [1.165, 1.54) is 37.7 Å². The first kappa shape index (κ1) is 14.4. The molecule has 1 fully saturated rings. The first-order chi connectivity index (χ1) is 8.66. The molecule has 1 aromatic carbocycles. The number of nitrogens with one attached hydrogen (secondary N) is 1. The van der Waals surface area contributed by atoms with Crippen molar-refractivity contribution in [3.8, 4) is 0 Å². The molecule has 1 unspecified atom stereocenters. The second kappa shape index (κ2) is 6.93. The monoisotopic (exact) mass is 329 g/mol. The molecule has 100 valence electrons. The van der Waals surface area contributed by atoms with Crippen LogP contribution in [0.25, 0.3) is 0 Å². The van der Waals surface area contributed by atoms with Crippen molar-refractivity contribution < 1.29 is 0 Å². The van der Waals surface area contributed by atoms with Gasteiger partial charge in [-0.1, -0.05) is 52.9 Å². The normalized spacial score (nSPS) is 18.8. The van der Waals surface area contributed by atoms with Crippen molar-refractivity contribution in [2.45, 2.75) is 45.1 Å². The Morgan fingerprint density at radius 3 is 2.72 bits per heavy atom. The summed E-state index contributed by atoms with van der Waals surface area (Å²) in [5.74, 6) is 0.857. The number of hydrogen-bond acceptors (Lipinski definition) is 1. The van der Waals surface area contributed by atoms with Gasteiger partial charge in [-0.3, -0.25) is 0 Å². The highest BCUT2D eigenvalue weighted by Gasteiger charge is 2.15. The Morgan fingerprint density at radius 2 is 2.06 bits per heavy atom. The maximum atomic E-state index is 6.28. The van der Waals surface area contributed by atoms with Crippen molar-refractivity contribution in [2.75, 3.05) is 6.54 Å². The summed E-state index contributed by atoms with van der Waals surface area (Å²) < 4.78 is 1.04. The molecule has 1 nitrogen and oxygen atoms in total. The van der Waals surface area contributed by atoms with E-state index >= 15 is 0 Å². The highest BCUT2D eigenvalue weighted by atomic mass is 79.9. The van der Waals surface area contributed by atoms with E-state index in [9.17, 15) is 0 Å². The van der Waals surface area contributed by atoms with Gasteiger partial charge in [0.1, 0.15) is 0 Å². The molecule has 0 aromatic heterocycles. The number of rotatable bonds is 4. The van der Waals surface area contributed by atoms with Crippen LogP contribution in [0.5, 0.6) is 0 Å². The van der Waals surface area contributed by atoms with Gasteiger partial charge in [-0.15, -0.1) is 0 Å². The first-order valence-electron chi connectivity index (χ1n) is 6.85. The molecule has 0 heterocycles. The van der Waals surface area contributed by atoms with Crippen LogP contribution in [-0.4, -0.2) is 6.54 Å². The summed E-state index contributed by atoms with van der Waals surface area (Å²) in [7, 11) is 0. The Bertz CT molecular complexity index is 388. The van der Waals surface area contributed by atoms with Crippen LogP contribution in [0.15, 0.2) is 22.7 Å². The van der Waals surface area contributed by atoms with Crippen molar-refractivity contribution >= 4 is 27.5 Å². The van der Waals surface area contributed by atoms with Gasteiger partial charge in [0.2, 0.25) is 0 Å². The zero-order chi connectivity index (χ0) is 13.0. The van der Waals surface area contributed by atoms with Crippen molar-refractivity contribution in [1.29, 1.82) is 0 Å². The van der Waals surface area contributed by atoms with Crippen LogP contribution in [0.3, 0.4) is 0 Å². The number of benzene rings is 1. The molecule has 0 aliphatic heterocycles. The molecule has 1 aliphatic carbocycles. The maximum Gasteiger partial charge on any atom is 0.0464 e. The van der Waals surface area contributed by atoms with E-state index in [0.29, 0.717) is 6.04 Å². The minimum atomic E-state index is 0.326. The van der Waals surface area contributed by atoms with E-state index in [4.69, 9.17) is 11.6 Å². The molecule has 0 radical (unpaired) electrons. The molecule has 0 bridgehead atoms. The second-order valence-corrected chi connectivity index (χ2v) is 6.62. The van der Waals surface area contributed by atoms with Gasteiger partial charge in [0, 0.05) is 15.5 Å². The van der Waals surface area contributed by atoms with Gasteiger partial charge in [-0.2, -0.15) is 0 Å². The number of hydrogen-bond donors (Lipinski definition) is 1. The largest absolute Gasteiger partial charge is 0.310 e. The van der Waals surface area contributed by atoms with Crippen LogP contribution < -0.4 is 5.32 Å². The summed E-state index contributed by atoms with van der Waals surface area (Å²) in [6.45, 7) is 3.31. The van der Waals surface area contributed by atoms with Crippen LogP contribution in [-0.2, 0) is 0 Å². The molecular formula is C15H21BrClN. The minimum absolute atomic E-state index is 0.326. The standard InChI is InChI=1S/C15H21BrClN/c1-11(14-8-7-13(16)9-15(14)17)18-10-12-5-3-2-4-6-12/h7-9,11-12,18H,2-6,10H2,1H3. The lowest BCUT2D eigenvalue weighted by atomic mass is 9.89. The topological polar surface area (TPSA) is 12.0 Å². The van der Waals surface area contributed by atoms with Crippen molar-refractivity contribution in [1.82, 2.24) is 5.32 Å². The van der Waals surface area contributed by atoms with Crippen LogP contribution in [0.4, 0.5) is 0 Å². The average molecular weight is 331 g/mol. The maximum absolute atomic E-state index is 6.28. The van der Waals surface area contributed by atoms with E-state index in [1.54, 1.807) is 0 Å². The lowest BCUT2D eigenvalue weighted by Gasteiger charge is -2.24. The third-order valence-corrected chi connectivity index (χ3v) is 4.69. The summed E-state index contributed by atoms with van der Waals surface area (Å²) in [6.07, 6.45) is 6.99. The molecule has 0 spiro atoms. The molecule has 1 aliphatic rings. The van der Waals surface area contributed by atoms with Crippen LogP contribution in [0, 0.1) is 5.92 Å². The fraction of sp³-hybridized carbons (Fsp3) is 0.600. The van der Waals surface area contributed by atoms with Gasteiger partial charge < -0.3 is 5.32 Å². The summed E-state index contributed by atoms with van der Waals surface area (Å²) >= 11 is 9.72. The van der Waals surface area contributed by atoms with E-state index < -0.39 is 0 Å². The third kappa shape index (κ3) is 3.97. The van der Waals surface area contributed by atoms with Crippen LogP contribution in [0.1, 0.15) is 50.6 Å². The second-order valence-electron chi connectivity index (χ2n) is 5.30. The third-order valence-electron chi connectivity index (χ3n) is 3.87. The Hall–Kier alpha value is -0.0500. The van der Waals surface area contributed by atoms with Crippen LogP contribution >= 0.6 is 27.5 Å². The highest BCUT2D eigenvalue weighted by molar-refractivity contribution is 9.10. The van der Waals surface area contributed by atoms with Crippen LogP contribution in [0.2, 0.25) is 5.02 Å². The fourth-order valence-corrected chi connectivity index (χ4v) is 3.53. The number of halogens is 2. The lowest BCUT2D eigenvalue weighted by Crippen LogP contribution is -2.27. The zero-order valence-corrected chi connectivity index (χ0v) is 13.2. The molecule has 1 aromatic rings. The molecular weight excluding hydrogens is 310 g/mol. The summed E-state index contributed by atoms with van der Waals surface area (Å²) in [4.78, 5) is 0. The van der Waals surface area contributed by atoms with Crippen molar-refractivity contribution in [3.63, 3.8) is 0 Å². The van der Waals surface area contributed by atoms with Gasteiger partial charge in [-0.25, -0.2) is 0 Å². The SMILES string of the molecule is CC(NCC1CCCCC1)c1ccc(Br)cc1Cl. The summed E-state index contributed by atoms with van der Waals surface area (Å²) in [6, 6.07) is 6.45. The molecule has 18 heavy (non-hydrogen) atoms. The molecule has 0 amide bonds. The Balaban J connectivity index is 1.88. The fourth-order valence-electron chi connectivity index (χ4n) is 2.70. The summed E-state index contributed by atoms with van der Waals surface area (Å²) in [5, 5.41) is 4.47. The minimum Gasteiger partial charge on any atom is -0.310 e. The zero-order valence-electron chi connectivity index (χ0n) is 10.9. The average Bonchev–Trinajstić information content (AvgIpc) is 2.37. The molecule has 2 rings (SSSR count). The molecule has 3 heteroatoms. The molecule has 1 saturated carbocycles. The van der Waals surface area contributed by atoms with E-state index in [2.05, 4.69) is 40.3 Å². The Morgan fingerprint density at radius 1 is 1.33 bits per heavy atom.